The van der Waals surface area contributed by atoms with Crippen LogP contribution in [0.3, 0.4) is 0 Å². The molecule has 0 unspecified atom stereocenters. The monoisotopic (exact) mass is 326 g/mol. The van der Waals surface area contributed by atoms with Gasteiger partial charge in [0.25, 0.3) is 0 Å². The lowest BCUT2D eigenvalue weighted by Gasteiger charge is -2.39. The number of aromatic nitrogens is 1. The summed E-state index contributed by atoms with van der Waals surface area (Å²) in [6, 6.07) is 2.23. The van der Waals surface area contributed by atoms with Crippen LogP contribution in [-0.4, -0.2) is 49.7 Å². The van der Waals surface area contributed by atoms with Crippen molar-refractivity contribution in [2.75, 3.05) is 27.7 Å². The van der Waals surface area contributed by atoms with Crippen molar-refractivity contribution in [1.82, 2.24) is 20.5 Å². The molecule has 0 saturated heterocycles. The first kappa shape index (κ1) is 16.8. The lowest BCUT2D eigenvalue weighted by molar-refractivity contribution is 0.123. The number of ether oxygens (including phenoxy) is 1. The molecule has 1 aliphatic carbocycles. The summed E-state index contributed by atoms with van der Waals surface area (Å²) < 4.78 is 4.99. The molecule has 22 heavy (non-hydrogen) atoms. The van der Waals surface area contributed by atoms with Crippen LogP contribution in [0.1, 0.15) is 18.4 Å². The molecule has 0 atom stereocenters. The first-order valence-corrected chi connectivity index (χ1v) is 7.74. The summed E-state index contributed by atoms with van der Waals surface area (Å²) in [6.45, 7) is 1.10. The third-order valence-corrected chi connectivity index (χ3v) is 4.27. The molecule has 1 heterocycles. The van der Waals surface area contributed by atoms with Crippen molar-refractivity contribution in [2.45, 2.75) is 25.4 Å². The van der Waals surface area contributed by atoms with Crippen LogP contribution >= 0.6 is 11.6 Å². The molecule has 0 spiro atoms. The molecule has 2 amide bonds. The van der Waals surface area contributed by atoms with Gasteiger partial charge in [0.05, 0.1) is 7.11 Å². The average molecular weight is 327 g/mol. The van der Waals surface area contributed by atoms with Crippen molar-refractivity contribution >= 4 is 17.6 Å². The number of hydrogen-bond acceptors (Lipinski definition) is 4. The zero-order valence-corrected chi connectivity index (χ0v) is 14.0. The Bertz CT molecular complexity index is 518. The predicted octanol–water partition coefficient (Wildman–Crippen LogP) is 1.88. The number of hydrogen-bond donors (Lipinski definition) is 2. The maximum absolute atomic E-state index is 11.8. The van der Waals surface area contributed by atoms with Gasteiger partial charge in [-0.15, -0.1) is 0 Å². The Kier molecular flexibility index (Phi) is 5.85. The van der Waals surface area contributed by atoms with E-state index in [2.05, 4.69) is 34.6 Å². The molecule has 1 fully saturated rings. The van der Waals surface area contributed by atoms with Gasteiger partial charge in [0, 0.05) is 25.3 Å². The Hall–Kier alpha value is -1.53. The fourth-order valence-corrected chi connectivity index (χ4v) is 2.75. The van der Waals surface area contributed by atoms with Gasteiger partial charge >= 0.3 is 6.03 Å². The number of urea groups is 1. The number of pyridine rings is 1. The number of amides is 2. The van der Waals surface area contributed by atoms with Gasteiger partial charge in [0.15, 0.2) is 0 Å². The van der Waals surface area contributed by atoms with Crippen LogP contribution in [0.4, 0.5) is 4.79 Å². The molecule has 1 aromatic heterocycles. The molecule has 7 heteroatoms. The fourth-order valence-electron chi connectivity index (χ4n) is 2.48. The summed E-state index contributed by atoms with van der Waals surface area (Å²) in [5.74, 6) is 0.963. The van der Waals surface area contributed by atoms with Gasteiger partial charge in [-0.25, -0.2) is 9.78 Å². The number of methoxy groups -OCH3 is 1. The van der Waals surface area contributed by atoms with Crippen molar-refractivity contribution in [1.29, 1.82) is 0 Å². The molecule has 1 saturated carbocycles. The highest BCUT2D eigenvalue weighted by Gasteiger charge is 2.30. The highest BCUT2D eigenvalue weighted by Crippen LogP contribution is 2.29. The summed E-state index contributed by atoms with van der Waals surface area (Å²) in [5.41, 5.74) is 0.831. The van der Waals surface area contributed by atoms with E-state index in [1.165, 1.54) is 7.11 Å². The van der Waals surface area contributed by atoms with Gasteiger partial charge in [-0.05, 0) is 44.5 Å². The third kappa shape index (κ3) is 4.48. The van der Waals surface area contributed by atoms with E-state index < -0.39 is 0 Å². The lowest BCUT2D eigenvalue weighted by Crippen LogP contribution is -2.46. The summed E-state index contributed by atoms with van der Waals surface area (Å²) in [6.07, 6.45) is 3.93. The SMILES string of the molecule is COc1ncc(CNC(=O)NCC2CC(N(C)C)C2)cc1Cl. The van der Waals surface area contributed by atoms with Gasteiger partial charge in [0.2, 0.25) is 5.88 Å². The van der Waals surface area contributed by atoms with E-state index in [0.29, 0.717) is 29.4 Å². The van der Waals surface area contributed by atoms with Crippen LogP contribution in [0.5, 0.6) is 5.88 Å². The van der Waals surface area contributed by atoms with Gasteiger partial charge in [-0.2, -0.15) is 0 Å². The minimum Gasteiger partial charge on any atom is -0.480 e. The molecule has 1 aromatic rings. The van der Waals surface area contributed by atoms with Crippen molar-refractivity contribution in [3.8, 4) is 5.88 Å². The lowest BCUT2D eigenvalue weighted by atomic mass is 9.79. The van der Waals surface area contributed by atoms with E-state index in [0.717, 1.165) is 24.9 Å². The molecular weight excluding hydrogens is 304 g/mol. The Morgan fingerprint density at radius 2 is 2.18 bits per heavy atom. The zero-order chi connectivity index (χ0) is 16.1. The second-order valence-electron chi connectivity index (χ2n) is 5.85. The largest absolute Gasteiger partial charge is 0.480 e. The Morgan fingerprint density at radius 1 is 1.45 bits per heavy atom. The normalized spacial score (nSPS) is 20.4. The maximum atomic E-state index is 11.8. The smallest absolute Gasteiger partial charge is 0.315 e. The van der Waals surface area contributed by atoms with E-state index >= 15 is 0 Å². The Labute approximate surface area is 136 Å². The highest BCUT2D eigenvalue weighted by molar-refractivity contribution is 6.31. The minimum absolute atomic E-state index is 0.166. The fraction of sp³-hybridized carbons (Fsp3) is 0.600. The molecule has 0 radical (unpaired) electrons. The van der Waals surface area contributed by atoms with E-state index in [-0.39, 0.29) is 6.03 Å². The second-order valence-corrected chi connectivity index (χ2v) is 6.26. The first-order chi connectivity index (χ1) is 10.5. The number of carbonyl (C=O) groups excluding carboxylic acids is 1. The Morgan fingerprint density at radius 3 is 2.77 bits per heavy atom. The van der Waals surface area contributed by atoms with Crippen molar-refractivity contribution in [3.05, 3.63) is 22.8 Å². The van der Waals surface area contributed by atoms with E-state index in [9.17, 15) is 4.79 Å². The molecule has 0 aliphatic heterocycles. The molecule has 6 nitrogen and oxygen atoms in total. The predicted molar refractivity (Wildman–Crippen MR) is 86.2 cm³/mol. The van der Waals surface area contributed by atoms with Gasteiger partial charge in [0.1, 0.15) is 5.02 Å². The number of rotatable bonds is 6. The topological polar surface area (TPSA) is 66.5 Å². The summed E-state index contributed by atoms with van der Waals surface area (Å²) in [4.78, 5) is 18.1. The van der Waals surface area contributed by atoms with Crippen LogP contribution in [0.15, 0.2) is 12.3 Å². The number of halogens is 1. The average Bonchev–Trinajstić information content (AvgIpc) is 2.43. The van der Waals surface area contributed by atoms with Crippen LogP contribution < -0.4 is 15.4 Å². The Balaban J connectivity index is 1.67. The molecule has 0 bridgehead atoms. The quantitative estimate of drug-likeness (QED) is 0.837. The van der Waals surface area contributed by atoms with Gasteiger partial charge in [-0.3, -0.25) is 0 Å². The number of carbonyl (C=O) groups is 1. The van der Waals surface area contributed by atoms with Gasteiger partial charge < -0.3 is 20.3 Å². The maximum Gasteiger partial charge on any atom is 0.315 e. The van der Waals surface area contributed by atoms with Crippen molar-refractivity contribution < 1.29 is 9.53 Å². The molecule has 2 N–H and O–H groups in total. The summed E-state index contributed by atoms with van der Waals surface area (Å²) in [5, 5.41) is 6.14. The molecule has 1 aliphatic rings. The van der Waals surface area contributed by atoms with Crippen LogP contribution in [-0.2, 0) is 6.54 Å². The molecular formula is C15H23ClN4O2. The van der Waals surface area contributed by atoms with E-state index in [1.54, 1.807) is 12.3 Å². The minimum atomic E-state index is -0.166. The van der Waals surface area contributed by atoms with Crippen LogP contribution in [0, 0.1) is 5.92 Å². The molecule has 0 aromatic carbocycles. The zero-order valence-electron chi connectivity index (χ0n) is 13.2. The van der Waals surface area contributed by atoms with Crippen LogP contribution in [0.25, 0.3) is 0 Å². The standard InChI is InChI=1S/C15H23ClN4O2/c1-20(2)12-4-10(5-12)7-18-15(21)19-9-11-6-13(16)14(22-3)17-8-11/h6,8,10,12H,4-5,7,9H2,1-3H3,(H2,18,19,21). The number of nitrogens with zero attached hydrogens (tertiary/aromatic N) is 2. The molecule has 122 valence electrons. The summed E-state index contributed by atoms with van der Waals surface area (Å²) in [7, 11) is 5.70. The first-order valence-electron chi connectivity index (χ1n) is 7.36. The van der Waals surface area contributed by atoms with Crippen molar-refractivity contribution in [3.63, 3.8) is 0 Å². The summed E-state index contributed by atoms with van der Waals surface area (Å²) >= 11 is 5.99. The second kappa shape index (κ2) is 7.65. The van der Waals surface area contributed by atoms with Crippen molar-refractivity contribution in [2.24, 2.45) is 5.92 Å². The molecule has 2 rings (SSSR count). The van der Waals surface area contributed by atoms with Crippen LogP contribution in [0.2, 0.25) is 5.02 Å². The van der Waals surface area contributed by atoms with E-state index in [1.807, 2.05) is 0 Å². The third-order valence-electron chi connectivity index (χ3n) is 4.00. The van der Waals surface area contributed by atoms with E-state index in [4.69, 9.17) is 16.3 Å². The number of nitrogens with one attached hydrogen (secondary N) is 2. The van der Waals surface area contributed by atoms with Gasteiger partial charge in [-0.1, -0.05) is 11.6 Å². The highest BCUT2D eigenvalue weighted by atomic mass is 35.5.